The predicted molar refractivity (Wildman–Crippen MR) is 52.0 cm³/mol. The number of hydrogen-bond donors (Lipinski definition) is 1. The van der Waals surface area contributed by atoms with Crippen molar-refractivity contribution in [2.75, 3.05) is 12.8 Å². The van der Waals surface area contributed by atoms with Gasteiger partial charge in [-0.1, -0.05) is 12.1 Å². The zero-order valence-corrected chi connectivity index (χ0v) is 7.66. The molecule has 3 nitrogen and oxygen atoms in total. The number of nitrogen functional groups attached to an aromatic ring is 1. The van der Waals surface area contributed by atoms with Crippen molar-refractivity contribution in [3.63, 3.8) is 0 Å². The molecule has 1 rings (SSSR count). The molecule has 0 aromatic heterocycles. The van der Waals surface area contributed by atoms with Crippen LogP contribution >= 0.6 is 0 Å². The van der Waals surface area contributed by atoms with Crippen LogP contribution in [-0.2, 0) is 9.53 Å². The second-order valence-electron chi connectivity index (χ2n) is 2.65. The summed E-state index contributed by atoms with van der Waals surface area (Å²) in [5.41, 5.74) is 6.51. The first-order valence-electron chi connectivity index (χ1n) is 3.94. The summed E-state index contributed by atoms with van der Waals surface area (Å²) in [6.07, 6.45) is 1.07. The summed E-state index contributed by atoms with van der Waals surface area (Å²) in [5.74, 6) is -1.94. The lowest BCUT2D eigenvalue weighted by atomic mass is 10.2. The van der Waals surface area contributed by atoms with Crippen LogP contribution in [0.15, 0.2) is 30.1 Å². The number of rotatable bonds is 2. The molecular formula is C10H10FNO2. The molecular weight excluding hydrogens is 185 g/mol. The van der Waals surface area contributed by atoms with Crippen LogP contribution in [0.3, 0.4) is 0 Å². The summed E-state index contributed by atoms with van der Waals surface area (Å²) < 4.78 is 17.2. The molecule has 0 aliphatic heterocycles. The van der Waals surface area contributed by atoms with Crippen molar-refractivity contribution >= 4 is 17.7 Å². The molecule has 0 atom stereocenters. The summed E-state index contributed by atoms with van der Waals surface area (Å²) in [5, 5.41) is 0. The van der Waals surface area contributed by atoms with E-state index in [1.54, 1.807) is 24.3 Å². The zero-order chi connectivity index (χ0) is 10.6. The van der Waals surface area contributed by atoms with Gasteiger partial charge in [-0.25, -0.2) is 4.79 Å². The van der Waals surface area contributed by atoms with Crippen LogP contribution in [-0.4, -0.2) is 13.1 Å². The molecule has 0 spiro atoms. The van der Waals surface area contributed by atoms with Gasteiger partial charge in [-0.3, -0.25) is 0 Å². The lowest BCUT2D eigenvalue weighted by molar-refractivity contribution is -0.137. The molecule has 0 heterocycles. The van der Waals surface area contributed by atoms with Crippen LogP contribution in [0.1, 0.15) is 5.56 Å². The van der Waals surface area contributed by atoms with Crippen LogP contribution in [0.5, 0.6) is 0 Å². The first-order valence-corrected chi connectivity index (χ1v) is 3.94. The minimum absolute atomic E-state index is 0.511. The highest BCUT2D eigenvalue weighted by Gasteiger charge is 2.07. The van der Waals surface area contributed by atoms with Crippen molar-refractivity contribution in [1.82, 2.24) is 0 Å². The van der Waals surface area contributed by atoms with E-state index in [0.717, 1.165) is 13.2 Å². The first-order chi connectivity index (χ1) is 6.63. The fourth-order valence-corrected chi connectivity index (χ4v) is 0.952. The number of halogens is 1. The molecule has 0 unspecified atom stereocenters. The van der Waals surface area contributed by atoms with E-state index in [1.807, 2.05) is 0 Å². The molecule has 0 aliphatic rings. The van der Waals surface area contributed by atoms with Gasteiger partial charge in [0.25, 0.3) is 0 Å². The molecule has 4 heteroatoms. The third-order valence-corrected chi connectivity index (χ3v) is 1.58. The number of methoxy groups -OCH3 is 1. The van der Waals surface area contributed by atoms with Gasteiger partial charge in [0.2, 0.25) is 5.83 Å². The lowest BCUT2D eigenvalue weighted by Crippen LogP contribution is -1.99. The Morgan fingerprint density at radius 3 is 2.86 bits per heavy atom. The molecule has 0 bridgehead atoms. The number of carbonyl (C=O) groups excluding carboxylic acids is 1. The van der Waals surface area contributed by atoms with Crippen molar-refractivity contribution < 1.29 is 13.9 Å². The number of benzene rings is 1. The van der Waals surface area contributed by atoms with Crippen molar-refractivity contribution in [1.29, 1.82) is 0 Å². The monoisotopic (exact) mass is 195 g/mol. The Morgan fingerprint density at radius 1 is 1.57 bits per heavy atom. The van der Waals surface area contributed by atoms with E-state index in [4.69, 9.17) is 5.73 Å². The fraction of sp³-hybridized carbons (Fsp3) is 0.100. The second-order valence-corrected chi connectivity index (χ2v) is 2.65. The Hall–Kier alpha value is -1.84. The number of ether oxygens (including phenoxy) is 1. The Labute approximate surface area is 81.0 Å². The third-order valence-electron chi connectivity index (χ3n) is 1.58. The van der Waals surface area contributed by atoms with E-state index in [2.05, 4.69) is 4.74 Å². The van der Waals surface area contributed by atoms with Crippen LogP contribution in [0, 0.1) is 0 Å². The average Bonchev–Trinajstić information content (AvgIpc) is 2.16. The Kier molecular flexibility index (Phi) is 3.23. The Morgan fingerprint density at radius 2 is 2.29 bits per heavy atom. The molecule has 0 saturated carbocycles. The van der Waals surface area contributed by atoms with Gasteiger partial charge in [0, 0.05) is 5.69 Å². The van der Waals surface area contributed by atoms with Crippen LogP contribution in [0.4, 0.5) is 10.1 Å². The Balaban J connectivity index is 2.91. The molecule has 0 saturated heterocycles. The van der Waals surface area contributed by atoms with E-state index >= 15 is 0 Å². The van der Waals surface area contributed by atoms with Gasteiger partial charge in [-0.15, -0.1) is 0 Å². The van der Waals surface area contributed by atoms with E-state index in [-0.39, 0.29) is 0 Å². The summed E-state index contributed by atoms with van der Waals surface area (Å²) >= 11 is 0. The molecule has 0 aliphatic carbocycles. The molecule has 1 aromatic rings. The summed E-state index contributed by atoms with van der Waals surface area (Å²) in [6.45, 7) is 0. The van der Waals surface area contributed by atoms with Gasteiger partial charge in [0.15, 0.2) is 0 Å². The normalized spacial score (nSPS) is 11.1. The summed E-state index contributed by atoms with van der Waals surface area (Å²) in [7, 11) is 1.12. The SMILES string of the molecule is COC(=O)/C(F)=C/c1cccc(N)c1. The molecule has 0 amide bonds. The maximum absolute atomic E-state index is 13.0. The molecule has 1 aromatic carbocycles. The molecule has 0 fully saturated rings. The van der Waals surface area contributed by atoms with E-state index in [0.29, 0.717) is 11.3 Å². The third kappa shape index (κ3) is 2.58. The van der Waals surface area contributed by atoms with Crippen LogP contribution in [0.25, 0.3) is 6.08 Å². The van der Waals surface area contributed by atoms with E-state index < -0.39 is 11.8 Å². The van der Waals surface area contributed by atoms with Gasteiger partial charge in [-0.2, -0.15) is 4.39 Å². The maximum Gasteiger partial charge on any atom is 0.366 e. The maximum atomic E-state index is 13.0. The number of esters is 1. The molecule has 0 radical (unpaired) electrons. The highest BCUT2D eigenvalue weighted by Crippen LogP contribution is 2.12. The first kappa shape index (κ1) is 10.2. The highest BCUT2D eigenvalue weighted by atomic mass is 19.1. The van der Waals surface area contributed by atoms with Gasteiger partial charge in [-0.05, 0) is 23.8 Å². The van der Waals surface area contributed by atoms with E-state index in [1.165, 1.54) is 0 Å². The Bertz CT molecular complexity index is 374. The number of nitrogens with two attached hydrogens (primary N) is 1. The van der Waals surface area contributed by atoms with Crippen molar-refractivity contribution in [3.8, 4) is 0 Å². The van der Waals surface area contributed by atoms with Gasteiger partial charge in [0.05, 0.1) is 7.11 Å². The minimum atomic E-state index is -0.993. The lowest BCUT2D eigenvalue weighted by Gasteiger charge is -1.97. The van der Waals surface area contributed by atoms with Crippen molar-refractivity contribution in [2.45, 2.75) is 0 Å². The largest absolute Gasteiger partial charge is 0.464 e. The predicted octanol–water partition coefficient (Wildman–Crippen LogP) is 1.75. The minimum Gasteiger partial charge on any atom is -0.464 e. The average molecular weight is 195 g/mol. The molecule has 74 valence electrons. The summed E-state index contributed by atoms with van der Waals surface area (Å²) in [6, 6.07) is 6.54. The van der Waals surface area contributed by atoms with Crippen molar-refractivity contribution in [3.05, 3.63) is 35.7 Å². The standard InChI is InChI=1S/C10H10FNO2/c1-14-10(13)9(11)6-7-3-2-4-8(12)5-7/h2-6H,12H2,1H3/b9-6-. The van der Waals surface area contributed by atoms with Crippen molar-refractivity contribution in [2.24, 2.45) is 0 Å². The van der Waals surface area contributed by atoms with Gasteiger partial charge >= 0.3 is 5.97 Å². The van der Waals surface area contributed by atoms with Gasteiger partial charge in [0.1, 0.15) is 0 Å². The topological polar surface area (TPSA) is 52.3 Å². The smallest absolute Gasteiger partial charge is 0.366 e. The molecule has 2 N–H and O–H groups in total. The highest BCUT2D eigenvalue weighted by molar-refractivity contribution is 5.91. The van der Waals surface area contributed by atoms with E-state index in [9.17, 15) is 9.18 Å². The number of hydrogen-bond acceptors (Lipinski definition) is 3. The van der Waals surface area contributed by atoms with Crippen LogP contribution in [0.2, 0.25) is 0 Å². The fourth-order valence-electron chi connectivity index (χ4n) is 0.952. The molecule has 14 heavy (non-hydrogen) atoms. The zero-order valence-electron chi connectivity index (χ0n) is 7.66. The quantitative estimate of drug-likeness (QED) is 0.444. The number of carbonyl (C=O) groups is 1. The number of anilines is 1. The van der Waals surface area contributed by atoms with Gasteiger partial charge < -0.3 is 10.5 Å². The second kappa shape index (κ2) is 4.41. The van der Waals surface area contributed by atoms with Crippen LogP contribution < -0.4 is 5.73 Å². The summed E-state index contributed by atoms with van der Waals surface area (Å²) in [4.78, 5) is 10.7.